The van der Waals surface area contributed by atoms with E-state index in [0.29, 0.717) is 29.7 Å². The van der Waals surface area contributed by atoms with Gasteiger partial charge in [0.05, 0.1) is 11.9 Å². The molecule has 0 spiro atoms. The third-order valence-electron chi connectivity index (χ3n) is 4.01. The average molecular weight is 370 g/mol. The average Bonchev–Trinajstić information content (AvgIpc) is 3.11. The van der Waals surface area contributed by atoms with E-state index in [4.69, 9.17) is 16.0 Å². The minimum Gasteiger partial charge on any atom is -0.441 e. The van der Waals surface area contributed by atoms with Crippen LogP contribution >= 0.6 is 11.6 Å². The van der Waals surface area contributed by atoms with Gasteiger partial charge in [-0.3, -0.25) is 4.79 Å². The lowest BCUT2D eigenvalue weighted by Gasteiger charge is -2.05. The maximum Gasteiger partial charge on any atom is 0.224 e. The molecule has 0 atom stereocenters. The summed E-state index contributed by atoms with van der Waals surface area (Å²) in [5.41, 5.74) is 2.75. The van der Waals surface area contributed by atoms with Crippen molar-refractivity contribution in [1.82, 2.24) is 9.97 Å². The van der Waals surface area contributed by atoms with E-state index < -0.39 is 0 Å². The molecule has 2 aromatic heterocycles. The molecule has 2 heterocycles. The molecule has 0 fully saturated rings. The van der Waals surface area contributed by atoms with Crippen LogP contribution in [0.25, 0.3) is 11.3 Å². The van der Waals surface area contributed by atoms with Crippen molar-refractivity contribution in [2.45, 2.75) is 32.6 Å². The Labute approximate surface area is 157 Å². The van der Waals surface area contributed by atoms with Gasteiger partial charge in [0, 0.05) is 24.6 Å². The van der Waals surface area contributed by atoms with Gasteiger partial charge >= 0.3 is 0 Å². The first-order valence-electron chi connectivity index (χ1n) is 8.48. The third-order valence-corrected chi connectivity index (χ3v) is 4.32. The number of halogens is 1. The lowest BCUT2D eigenvalue weighted by atomic mass is 10.0. The second-order valence-corrected chi connectivity index (χ2v) is 6.64. The van der Waals surface area contributed by atoms with Gasteiger partial charge in [0.15, 0.2) is 16.8 Å². The van der Waals surface area contributed by atoms with Crippen molar-refractivity contribution < 1.29 is 9.21 Å². The van der Waals surface area contributed by atoms with E-state index >= 15 is 0 Å². The number of hydrogen-bond donors (Lipinski definition) is 1. The van der Waals surface area contributed by atoms with Gasteiger partial charge in [0.1, 0.15) is 0 Å². The summed E-state index contributed by atoms with van der Waals surface area (Å²) in [6.45, 7) is 4.32. The lowest BCUT2D eigenvalue weighted by Crippen LogP contribution is -2.12. The van der Waals surface area contributed by atoms with Crippen molar-refractivity contribution in [3.63, 3.8) is 0 Å². The van der Waals surface area contributed by atoms with Crippen molar-refractivity contribution in [1.29, 1.82) is 0 Å². The Bertz CT molecular complexity index is 888. The number of nitrogens with zero attached hydrogens (tertiary/aromatic N) is 2. The highest BCUT2D eigenvalue weighted by molar-refractivity contribution is 6.32. The molecule has 0 saturated heterocycles. The zero-order chi connectivity index (χ0) is 18.5. The van der Waals surface area contributed by atoms with E-state index in [9.17, 15) is 4.79 Å². The molecule has 0 unspecified atom stereocenters. The molecule has 3 rings (SSSR count). The van der Waals surface area contributed by atoms with Gasteiger partial charge in [-0.2, -0.15) is 0 Å². The van der Waals surface area contributed by atoms with Crippen LogP contribution in [0, 0.1) is 0 Å². The first kappa shape index (κ1) is 18.1. The number of aromatic nitrogens is 2. The number of carbonyl (C=O) groups is 1. The fourth-order valence-corrected chi connectivity index (χ4v) is 2.67. The molecule has 134 valence electrons. The van der Waals surface area contributed by atoms with Gasteiger partial charge in [-0.25, -0.2) is 9.97 Å². The summed E-state index contributed by atoms with van der Waals surface area (Å²) in [6, 6.07) is 11.7. The molecule has 0 bridgehead atoms. The minimum absolute atomic E-state index is 0.166. The molecule has 0 radical (unpaired) electrons. The number of oxazole rings is 1. The normalized spacial score (nSPS) is 10.9. The second kappa shape index (κ2) is 8.15. The number of benzene rings is 1. The SMILES string of the molecule is CC(C)c1ccc(-c2cnc(CCC(=O)Nc3cccnc3Cl)o2)cc1. The Balaban J connectivity index is 1.58. The van der Waals surface area contributed by atoms with E-state index in [1.54, 1.807) is 24.5 Å². The molecule has 26 heavy (non-hydrogen) atoms. The van der Waals surface area contributed by atoms with Gasteiger partial charge in [-0.1, -0.05) is 49.7 Å². The number of hydrogen-bond acceptors (Lipinski definition) is 4. The summed E-state index contributed by atoms with van der Waals surface area (Å²) in [5.74, 6) is 1.55. The summed E-state index contributed by atoms with van der Waals surface area (Å²) in [5, 5.41) is 3.00. The van der Waals surface area contributed by atoms with Crippen LogP contribution in [0.4, 0.5) is 5.69 Å². The number of rotatable bonds is 6. The number of nitrogens with one attached hydrogen (secondary N) is 1. The molecular formula is C20H20ClN3O2. The van der Waals surface area contributed by atoms with Crippen LogP contribution in [0.3, 0.4) is 0 Å². The fourth-order valence-electron chi connectivity index (χ4n) is 2.50. The Morgan fingerprint density at radius 2 is 1.96 bits per heavy atom. The second-order valence-electron chi connectivity index (χ2n) is 6.28. The highest BCUT2D eigenvalue weighted by atomic mass is 35.5. The van der Waals surface area contributed by atoms with Crippen LogP contribution in [0.1, 0.15) is 37.6 Å². The number of pyridine rings is 1. The summed E-state index contributed by atoms with van der Waals surface area (Å²) in [6.07, 6.45) is 3.92. The van der Waals surface area contributed by atoms with Crippen molar-refractivity contribution in [2.24, 2.45) is 0 Å². The van der Waals surface area contributed by atoms with Crippen molar-refractivity contribution in [3.05, 3.63) is 65.4 Å². The fraction of sp³-hybridized carbons (Fsp3) is 0.250. The van der Waals surface area contributed by atoms with Crippen LogP contribution < -0.4 is 5.32 Å². The molecule has 0 saturated carbocycles. The Kier molecular flexibility index (Phi) is 5.68. The maximum atomic E-state index is 12.0. The van der Waals surface area contributed by atoms with Crippen molar-refractivity contribution in [3.8, 4) is 11.3 Å². The van der Waals surface area contributed by atoms with Crippen LogP contribution in [0.15, 0.2) is 53.2 Å². The Morgan fingerprint density at radius 3 is 2.65 bits per heavy atom. The summed E-state index contributed by atoms with van der Waals surface area (Å²) in [7, 11) is 0. The third kappa shape index (κ3) is 4.49. The number of amides is 1. The summed E-state index contributed by atoms with van der Waals surface area (Å²) >= 11 is 5.93. The standard InChI is InChI=1S/C20H20ClN3O2/c1-13(2)14-5-7-15(8-6-14)17-12-23-19(26-17)10-9-18(25)24-16-4-3-11-22-20(16)21/h3-8,11-13H,9-10H2,1-2H3,(H,24,25). The van der Waals surface area contributed by atoms with E-state index in [1.807, 2.05) is 12.1 Å². The molecule has 3 aromatic rings. The molecular weight excluding hydrogens is 350 g/mol. The predicted molar refractivity (Wildman–Crippen MR) is 102 cm³/mol. The van der Waals surface area contributed by atoms with Crippen molar-refractivity contribution in [2.75, 3.05) is 5.32 Å². The molecule has 1 N–H and O–H groups in total. The van der Waals surface area contributed by atoms with Gasteiger partial charge in [0.25, 0.3) is 0 Å². The quantitative estimate of drug-likeness (QED) is 0.615. The lowest BCUT2D eigenvalue weighted by molar-refractivity contribution is -0.116. The molecule has 0 aliphatic carbocycles. The van der Waals surface area contributed by atoms with Gasteiger partial charge in [0.2, 0.25) is 5.91 Å². The van der Waals surface area contributed by atoms with Crippen LogP contribution in [0.2, 0.25) is 5.15 Å². The highest BCUT2D eigenvalue weighted by Crippen LogP contribution is 2.24. The van der Waals surface area contributed by atoms with E-state index in [0.717, 1.165) is 5.56 Å². The molecule has 6 heteroatoms. The van der Waals surface area contributed by atoms with Crippen molar-refractivity contribution >= 4 is 23.2 Å². The first-order valence-corrected chi connectivity index (χ1v) is 8.86. The number of aryl methyl sites for hydroxylation is 1. The molecule has 5 nitrogen and oxygen atoms in total. The maximum absolute atomic E-state index is 12.0. The largest absolute Gasteiger partial charge is 0.441 e. The molecule has 0 aliphatic heterocycles. The molecule has 1 aromatic carbocycles. The molecule has 0 aliphatic rings. The van der Waals surface area contributed by atoms with Gasteiger partial charge < -0.3 is 9.73 Å². The van der Waals surface area contributed by atoms with Crippen LogP contribution in [0.5, 0.6) is 0 Å². The minimum atomic E-state index is -0.166. The monoisotopic (exact) mass is 369 g/mol. The predicted octanol–water partition coefficient (Wildman–Crippen LogP) is 5.08. The summed E-state index contributed by atoms with van der Waals surface area (Å²) in [4.78, 5) is 20.2. The summed E-state index contributed by atoms with van der Waals surface area (Å²) < 4.78 is 5.76. The van der Waals surface area contributed by atoms with Crippen LogP contribution in [-0.2, 0) is 11.2 Å². The Morgan fingerprint density at radius 1 is 1.19 bits per heavy atom. The van der Waals surface area contributed by atoms with Gasteiger partial charge in [-0.15, -0.1) is 0 Å². The Hall–Kier alpha value is -2.66. The zero-order valence-corrected chi connectivity index (χ0v) is 15.5. The van der Waals surface area contributed by atoms with E-state index in [-0.39, 0.29) is 17.5 Å². The van der Waals surface area contributed by atoms with E-state index in [1.165, 1.54) is 5.56 Å². The van der Waals surface area contributed by atoms with Crippen LogP contribution in [-0.4, -0.2) is 15.9 Å². The topological polar surface area (TPSA) is 68.0 Å². The number of anilines is 1. The van der Waals surface area contributed by atoms with E-state index in [2.05, 4.69) is 41.3 Å². The smallest absolute Gasteiger partial charge is 0.224 e. The molecule has 1 amide bonds. The zero-order valence-electron chi connectivity index (χ0n) is 14.7. The number of carbonyl (C=O) groups excluding carboxylic acids is 1. The van der Waals surface area contributed by atoms with Gasteiger partial charge in [-0.05, 0) is 23.6 Å². The highest BCUT2D eigenvalue weighted by Gasteiger charge is 2.11. The first-order chi connectivity index (χ1) is 12.5.